The van der Waals surface area contributed by atoms with E-state index in [-0.39, 0.29) is 28.0 Å². The molecule has 2 N–H and O–H groups in total. The van der Waals surface area contributed by atoms with Crippen LogP contribution >= 0.6 is 11.6 Å². The second-order valence-electron chi connectivity index (χ2n) is 7.53. The first-order valence-electron chi connectivity index (χ1n) is 10.1. The molecule has 184 valence electrons. The fourth-order valence-corrected chi connectivity index (χ4v) is 3.69. The summed E-state index contributed by atoms with van der Waals surface area (Å²) in [6.07, 6.45) is -1.54. The summed E-state index contributed by atoms with van der Waals surface area (Å²) in [5.74, 6) is -1.48. The van der Waals surface area contributed by atoms with E-state index in [4.69, 9.17) is 11.6 Å². The second-order valence-corrected chi connectivity index (χ2v) is 7.97. The number of ether oxygens (including phenoxy) is 1. The van der Waals surface area contributed by atoms with Gasteiger partial charge in [0, 0.05) is 34.6 Å². The molecule has 0 saturated heterocycles. The van der Waals surface area contributed by atoms with Gasteiger partial charge in [0.15, 0.2) is 5.82 Å². The van der Waals surface area contributed by atoms with Gasteiger partial charge in [0.1, 0.15) is 12.4 Å². The highest BCUT2D eigenvalue weighted by Gasteiger charge is 2.28. The molecule has 7 nitrogen and oxygen atoms in total. The number of hydrogen-bond acceptors (Lipinski definition) is 4. The molecule has 2 heterocycles. The Bertz CT molecular complexity index is 1340. The van der Waals surface area contributed by atoms with Gasteiger partial charge in [0.05, 0.1) is 22.8 Å². The lowest BCUT2D eigenvalue weighted by Crippen LogP contribution is -2.16. The minimum Gasteiger partial charge on any atom is -0.420 e. The smallest absolute Gasteiger partial charge is 0.420 e. The van der Waals surface area contributed by atoms with Crippen molar-refractivity contribution in [3.05, 3.63) is 60.0 Å². The van der Waals surface area contributed by atoms with Crippen LogP contribution < -0.4 is 10.1 Å². The van der Waals surface area contributed by atoms with E-state index < -0.39 is 36.4 Å². The van der Waals surface area contributed by atoms with Crippen molar-refractivity contribution < 1.29 is 31.5 Å². The number of carbonyl (C=O) groups excluding carboxylic acids is 1. The highest BCUT2D eigenvalue weighted by molar-refractivity contribution is 6.20. The lowest BCUT2D eigenvalue weighted by atomic mass is 10.0. The number of hydrogen-bond donors (Lipinski definition) is 2. The first-order chi connectivity index (χ1) is 16.6. The maximum Gasteiger partial charge on any atom is 0.487 e. The van der Waals surface area contributed by atoms with Gasteiger partial charge in [-0.25, -0.2) is 18.2 Å². The number of fused-ring (bicyclic) bond motifs is 1. The summed E-state index contributed by atoms with van der Waals surface area (Å²) in [5, 5.41) is 9.16. The van der Waals surface area contributed by atoms with Crippen LogP contribution in [-0.4, -0.2) is 37.9 Å². The normalized spacial score (nSPS) is 12.8. The van der Waals surface area contributed by atoms with Crippen molar-refractivity contribution in [1.82, 2.24) is 19.7 Å². The van der Waals surface area contributed by atoms with E-state index in [1.165, 1.54) is 49.5 Å². The molecule has 13 heteroatoms. The van der Waals surface area contributed by atoms with E-state index in [9.17, 15) is 26.7 Å². The number of aromatic nitrogens is 4. The van der Waals surface area contributed by atoms with Crippen LogP contribution in [0.5, 0.6) is 5.75 Å². The predicted octanol–water partition coefficient (Wildman–Crippen LogP) is 6.31. The third kappa shape index (κ3) is 5.21. The van der Waals surface area contributed by atoms with Crippen LogP contribution in [0.3, 0.4) is 0 Å². The molecule has 0 aliphatic carbocycles. The number of anilines is 1. The van der Waals surface area contributed by atoms with Crippen molar-refractivity contribution in [2.24, 2.45) is 0 Å². The van der Waals surface area contributed by atoms with Crippen LogP contribution in [0, 0.1) is 0 Å². The van der Waals surface area contributed by atoms with Crippen LogP contribution in [0.4, 0.5) is 27.6 Å². The van der Waals surface area contributed by atoms with Crippen LogP contribution in [0.1, 0.15) is 35.6 Å². The first-order valence-corrected chi connectivity index (χ1v) is 10.5. The molecule has 0 unspecified atom stereocenters. The number of aromatic amines is 1. The average Bonchev–Trinajstić information content (AvgIpc) is 3.46. The van der Waals surface area contributed by atoms with Crippen LogP contribution in [0.25, 0.3) is 22.3 Å². The van der Waals surface area contributed by atoms with Gasteiger partial charge in [-0.05, 0) is 49.4 Å². The number of amides is 1. The highest BCUT2D eigenvalue weighted by Crippen LogP contribution is 2.35. The molecule has 0 bridgehead atoms. The average molecular weight is 514 g/mol. The van der Waals surface area contributed by atoms with E-state index in [0.29, 0.717) is 11.3 Å². The highest BCUT2D eigenvalue weighted by atomic mass is 35.5. The number of H-pyrrole nitrogens is 1. The van der Waals surface area contributed by atoms with Crippen molar-refractivity contribution >= 4 is 34.2 Å². The van der Waals surface area contributed by atoms with Crippen molar-refractivity contribution in [3.63, 3.8) is 0 Å². The third-order valence-corrected chi connectivity index (χ3v) is 5.15. The minimum atomic E-state index is -3.89. The summed E-state index contributed by atoms with van der Waals surface area (Å²) < 4.78 is 71.9. The van der Waals surface area contributed by atoms with Gasteiger partial charge < -0.3 is 14.6 Å². The Morgan fingerprint density at radius 2 is 1.94 bits per heavy atom. The van der Waals surface area contributed by atoms with Gasteiger partial charge in [0.25, 0.3) is 12.3 Å². The van der Waals surface area contributed by atoms with Crippen LogP contribution in [0.15, 0.2) is 48.7 Å². The fraction of sp³-hybridized carbons (Fsp3) is 0.227. The number of alkyl halides is 6. The molecule has 0 aliphatic heterocycles. The quantitative estimate of drug-likeness (QED) is 0.213. The number of nitrogens with one attached hydrogen (secondary N) is 2. The second kappa shape index (κ2) is 9.53. The standard InChI is InChI=1S/C22H17ClF5N5O2/c1-11(10-24)33-18-15(16-6-7-29-32-16)8-12(9-17(18)31-20(33)19(25)26)21(34)30-13-2-4-14(5-3-13)35-22(23,27)28/h2-9,11,19H,10H2,1H3,(H,29,32)(H,30,34)/t11-/m1/s1. The fourth-order valence-electron chi connectivity index (χ4n) is 3.60. The number of halogens is 6. The Labute approximate surface area is 199 Å². The SMILES string of the molecule is C[C@H](CF)n1c(C(F)F)nc2cc(C(=O)Nc3ccc(OC(F)(F)Cl)cc3)cc(-c3ccn[nH]3)c21. The number of nitrogens with zero attached hydrogens (tertiary/aromatic N) is 3. The molecular formula is C22H17ClF5N5O2. The maximum atomic E-state index is 13.7. The number of imidazole rings is 1. The third-order valence-electron chi connectivity index (χ3n) is 5.07. The molecule has 1 atom stereocenters. The van der Waals surface area contributed by atoms with Gasteiger partial charge in [-0.15, -0.1) is 8.78 Å². The van der Waals surface area contributed by atoms with Gasteiger partial charge >= 0.3 is 5.57 Å². The van der Waals surface area contributed by atoms with Crippen molar-refractivity contribution in [2.75, 3.05) is 12.0 Å². The molecule has 0 spiro atoms. The minimum absolute atomic E-state index is 0.0611. The molecule has 0 aliphatic rings. The maximum absolute atomic E-state index is 13.7. The molecule has 35 heavy (non-hydrogen) atoms. The topological polar surface area (TPSA) is 84.8 Å². The Morgan fingerprint density at radius 3 is 2.51 bits per heavy atom. The van der Waals surface area contributed by atoms with E-state index in [2.05, 4.69) is 25.2 Å². The molecule has 0 fully saturated rings. The summed E-state index contributed by atoms with van der Waals surface area (Å²) in [4.78, 5) is 16.9. The zero-order valence-electron chi connectivity index (χ0n) is 17.9. The van der Waals surface area contributed by atoms with Crippen LogP contribution in [-0.2, 0) is 0 Å². The van der Waals surface area contributed by atoms with Gasteiger partial charge in [-0.2, -0.15) is 5.10 Å². The predicted molar refractivity (Wildman–Crippen MR) is 119 cm³/mol. The number of carbonyl (C=O) groups is 1. The van der Waals surface area contributed by atoms with Gasteiger partial charge in [0.2, 0.25) is 0 Å². The monoisotopic (exact) mass is 513 g/mol. The zero-order chi connectivity index (χ0) is 25.3. The van der Waals surface area contributed by atoms with E-state index in [1.807, 2.05) is 0 Å². The molecule has 4 rings (SSSR count). The molecule has 2 aromatic carbocycles. The molecule has 0 radical (unpaired) electrons. The van der Waals surface area contributed by atoms with Crippen molar-refractivity contribution in [3.8, 4) is 17.0 Å². The van der Waals surface area contributed by atoms with Crippen LogP contribution in [0.2, 0.25) is 0 Å². The Hall–Kier alpha value is -3.67. The molecule has 1 amide bonds. The summed E-state index contributed by atoms with van der Waals surface area (Å²) in [6.45, 7) is 0.531. The molecule has 4 aromatic rings. The number of rotatable bonds is 8. The lowest BCUT2D eigenvalue weighted by Gasteiger charge is -2.16. The summed E-state index contributed by atoms with van der Waals surface area (Å²) in [5.41, 5.74) is -2.58. The van der Waals surface area contributed by atoms with E-state index >= 15 is 0 Å². The summed E-state index contributed by atoms with van der Waals surface area (Å²) >= 11 is 4.73. The van der Waals surface area contributed by atoms with Gasteiger partial charge in [-0.3, -0.25) is 9.89 Å². The first kappa shape index (κ1) is 24.5. The largest absolute Gasteiger partial charge is 0.487 e. The Kier molecular flexibility index (Phi) is 6.66. The summed E-state index contributed by atoms with van der Waals surface area (Å²) in [7, 11) is 0. The number of benzene rings is 2. The summed E-state index contributed by atoms with van der Waals surface area (Å²) in [6, 6.07) is 8.37. The zero-order valence-corrected chi connectivity index (χ0v) is 18.7. The van der Waals surface area contributed by atoms with Crippen molar-refractivity contribution in [1.29, 1.82) is 0 Å². The molecule has 2 aromatic heterocycles. The van der Waals surface area contributed by atoms with Gasteiger partial charge in [-0.1, -0.05) is 0 Å². The Balaban J connectivity index is 1.75. The molecule has 0 saturated carbocycles. The van der Waals surface area contributed by atoms with Crippen molar-refractivity contribution in [2.45, 2.75) is 25.0 Å². The lowest BCUT2D eigenvalue weighted by molar-refractivity contribution is -0.0964. The van der Waals surface area contributed by atoms with E-state index in [0.717, 1.165) is 4.57 Å². The van der Waals surface area contributed by atoms with E-state index in [1.54, 1.807) is 6.07 Å². The Morgan fingerprint density at radius 1 is 1.23 bits per heavy atom. The molecular weight excluding hydrogens is 497 g/mol.